The summed E-state index contributed by atoms with van der Waals surface area (Å²) in [4.78, 5) is 27.5. The number of ketones is 2. The maximum atomic E-state index is 13.3. The van der Waals surface area contributed by atoms with Gasteiger partial charge in [0.05, 0.1) is 11.1 Å². The van der Waals surface area contributed by atoms with Gasteiger partial charge in [-0.15, -0.1) is 0 Å². The Morgan fingerprint density at radius 1 is 0.615 bits per heavy atom. The number of carbonyl (C=O) groups excluding carboxylic acids is 2. The molecule has 39 heavy (non-hydrogen) atoms. The predicted octanol–water partition coefficient (Wildman–Crippen LogP) is 8.55. The summed E-state index contributed by atoms with van der Waals surface area (Å²) in [6.07, 6.45) is 2.35. The van der Waals surface area contributed by atoms with Crippen molar-refractivity contribution < 1.29 is 19.8 Å². The third-order valence-electron chi connectivity index (χ3n) is 7.16. The highest BCUT2D eigenvalue weighted by Crippen LogP contribution is 2.51. The molecule has 0 atom stereocenters. The first-order valence-electron chi connectivity index (χ1n) is 12.5. The van der Waals surface area contributed by atoms with Gasteiger partial charge in [-0.25, -0.2) is 0 Å². The Balaban J connectivity index is 2.22. The van der Waals surface area contributed by atoms with E-state index in [1.54, 1.807) is 13.8 Å². The van der Waals surface area contributed by atoms with Crippen LogP contribution in [0.1, 0.15) is 43.0 Å². The zero-order chi connectivity index (χ0) is 28.4. The van der Waals surface area contributed by atoms with Crippen molar-refractivity contribution in [3.8, 4) is 33.8 Å². The van der Waals surface area contributed by atoms with Gasteiger partial charge in [0, 0.05) is 9.79 Å². The van der Waals surface area contributed by atoms with Gasteiger partial charge in [0.25, 0.3) is 0 Å². The van der Waals surface area contributed by atoms with E-state index in [1.165, 1.54) is 23.9 Å². The fraction of sp³-hybridized carbons (Fsp3) is 0.118. The highest BCUT2D eigenvalue weighted by Gasteiger charge is 2.30. The Labute approximate surface area is 233 Å². The predicted molar refractivity (Wildman–Crippen MR) is 159 cm³/mol. The lowest BCUT2D eigenvalue weighted by Crippen LogP contribution is -2.07. The van der Waals surface area contributed by atoms with Crippen LogP contribution in [-0.2, 0) is 0 Å². The number of carbonyl (C=O) groups is 2. The first-order valence-corrected chi connectivity index (χ1v) is 13.3. The van der Waals surface area contributed by atoms with Crippen molar-refractivity contribution in [1.82, 2.24) is 0 Å². The summed E-state index contributed by atoms with van der Waals surface area (Å²) in [6.45, 7) is 14.7. The molecule has 0 saturated carbocycles. The molecule has 0 aliphatic rings. The molecule has 0 bridgehead atoms. The van der Waals surface area contributed by atoms with E-state index in [1.807, 2.05) is 74.5 Å². The number of phenolic OH excluding ortho intramolecular Hbond substituents is 2. The monoisotopic (exact) mass is 534 g/mol. The second-order valence-electron chi connectivity index (χ2n) is 9.33. The average molecular weight is 535 g/mol. The van der Waals surface area contributed by atoms with E-state index in [0.717, 1.165) is 33.4 Å². The van der Waals surface area contributed by atoms with Gasteiger partial charge in [0.15, 0.2) is 11.6 Å². The molecule has 0 spiro atoms. The third-order valence-corrected chi connectivity index (χ3v) is 8.38. The first kappa shape index (κ1) is 27.7. The molecule has 0 amide bonds. The summed E-state index contributed by atoms with van der Waals surface area (Å²) in [5.74, 6) is -1.15. The smallest absolute Gasteiger partial charge is 0.190 e. The Morgan fingerprint density at radius 3 is 1.26 bits per heavy atom. The first-order chi connectivity index (χ1) is 18.6. The van der Waals surface area contributed by atoms with Crippen molar-refractivity contribution in [2.75, 3.05) is 0 Å². The maximum Gasteiger partial charge on any atom is 0.190 e. The Morgan fingerprint density at radius 2 is 0.949 bits per heavy atom. The van der Waals surface area contributed by atoms with Gasteiger partial charge in [-0.2, -0.15) is 0 Å². The minimum absolute atomic E-state index is 0.102. The molecular formula is C34H30O4S. The van der Waals surface area contributed by atoms with Crippen LogP contribution in [0.25, 0.3) is 22.3 Å². The Kier molecular flexibility index (Phi) is 7.93. The lowest BCUT2D eigenvalue weighted by atomic mass is 9.91. The summed E-state index contributed by atoms with van der Waals surface area (Å²) in [6, 6.07) is 19.2. The number of hydrogen-bond donors (Lipinski definition) is 2. The summed E-state index contributed by atoms with van der Waals surface area (Å²) in [5.41, 5.74) is 6.18. The van der Waals surface area contributed by atoms with Crippen LogP contribution in [0.3, 0.4) is 0 Å². The quantitative estimate of drug-likeness (QED) is 0.175. The van der Waals surface area contributed by atoms with Gasteiger partial charge < -0.3 is 10.2 Å². The molecule has 4 aromatic rings. The second kappa shape index (κ2) is 11.2. The second-order valence-corrected chi connectivity index (χ2v) is 10.3. The summed E-state index contributed by atoms with van der Waals surface area (Å²) in [7, 11) is 0. The van der Waals surface area contributed by atoms with Crippen LogP contribution in [0, 0.1) is 27.7 Å². The molecule has 0 saturated heterocycles. The van der Waals surface area contributed by atoms with Gasteiger partial charge >= 0.3 is 0 Å². The molecule has 0 fully saturated rings. The van der Waals surface area contributed by atoms with Gasteiger partial charge in [0.1, 0.15) is 11.5 Å². The van der Waals surface area contributed by atoms with Gasteiger partial charge in [-0.3, -0.25) is 9.59 Å². The van der Waals surface area contributed by atoms with E-state index < -0.39 is 11.6 Å². The van der Waals surface area contributed by atoms with Crippen molar-refractivity contribution in [3.63, 3.8) is 0 Å². The highest BCUT2D eigenvalue weighted by molar-refractivity contribution is 7.99. The van der Waals surface area contributed by atoms with Crippen LogP contribution in [0.5, 0.6) is 11.5 Å². The van der Waals surface area contributed by atoms with Crippen LogP contribution in [0.15, 0.2) is 95.8 Å². The van der Waals surface area contributed by atoms with Crippen molar-refractivity contribution >= 4 is 23.3 Å². The minimum Gasteiger partial charge on any atom is -0.507 e. The van der Waals surface area contributed by atoms with E-state index in [9.17, 15) is 19.8 Å². The van der Waals surface area contributed by atoms with Gasteiger partial charge in [-0.05, 0) is 84.4 Å². The van der Waals surface area contributed by atoms with Crippen LogP contribution in [0.4, 0.5) is 0 Å². The van der Waals surface area contributed by atoms with E-state index in [-0.39, 0.29) is 22.6 Å². The molecule has 4 nitrogen and oxygen atoms in total. The largest absolute Gasteiger partial charge is 0.507 e. The van der Waals surface area contributed by atoms with E-state index in [2.05, 4.69) is 13.2 Å². The topological polar surface area (TPSA) is 74.6 Å². The molecule has 0 aliphatic carbocycles. The SMILES string of the molecule is C=CC(=O)c1c(O)c(C)c(C)c(-c2ccccc2)c1Sc1c(C(=O)C=C)c(O)c(C)c(C)c1-c1ccccc1. The van der Waals surface area contributed by atoms with Crippen LogP contribution in [0.2, 0.25) is 0 Å². The average Bonchev–Trinajstić information content (AvgIpc) is 2.95. The van der Waals surface area contributed by atoms with Crippen LogP contribution >= 0.6 is 11.8 Å². The molecule has 0 aliphatic heterocycles. The van der Waals surface area contributed by atoms with Crippen LogP contribution < -0.4 is 0 Å². The standard InChI is InChI=1S/C34H30O4S/c1-7-25(35)29-31(37)21(5)19(3)27(23-15-11-9-12-16-23)33(29)39-34-28(24-17-13-10-14-18-24)20(4)22(6)32(38)30(34)26(36)8-2/h7-18,37-38H,1-2H2,3-6H3. The normalized spacial score (nSPS) is 10.8. The molecule has 4 rings (SSSR count). The zero-order valence-electron chi connectivity index (χ0n) is 22.5. The fourth-order valence-electron chi connectivity index (χ4n) is 4.78. The maximum absolute atomic E-state index is 13.3. The molecule has 196 valence electrons. The van der Waals surface area contributed by atoms with Crippen LogP contribution in [-0.4, -0.2) is 21.8 Å². The molecule has 0 radical (unpaired) electrons. The third kappa shape index (κ3) is 4.82. The molecule has 2 N–H and O–H groups in total. The van der Waals surface area contributed by atoms with Crippen molar-refractivity contribution in [3.05, 3.63) is 119 Å². The number of aromatic hydroxyl groups is 2. The summed E-state index contributed by atoms with van der Waals surface area (Å²) >= 11 is 1.19. The summed E-state index contributed by atoms with van der Waals surface area (Å²) in [5, 5.41) is 22.5. The van der Waals surface area contributed by atoms with E-state index >= 15 is 0 Å². The lowest BCUT2D eigenvalue weighted by Gasteiger charge is -2.24. The molecule has 4 aromatic carbocycles. The number of phenols is 2. The molecule has 0 unspecified atom stereocenters. The number of hydrogen-bond acceptors (Lipinski definition) is 5. The summed E-state index contributed by atoms with van der Waals surface area (Å²) < 4.78 is 0. The minimum atomic E-state index is -0.443. The van der Waals surface area contributed by atoms with Crippen molar-refractivity contribution in [1.29, 1.82) is 0 Å². The lowest BCUT2D eigenvalue weighted by molar-refractivity contribution is 0.103. The highest BCUT2D eigenvalue weighted by atomic mass is 32.2. The number of benzene rings is 4. The molecular weight excluding hydrogens is 504 g/mol. The Hall–Kier alpha value is -4.35. The molecule has 0 aromatic heterocycles. The molecule has 0 heterocycles. The number of allylic oxidation sites excluding steroid dienone is 2. The zero-order valence-corrected chi connectivity index (χ0v) is 23.3. The number of rotatable bonds is 8. The van der Waals surface area contributed by atoms with Gasteiger partial charge in [-0.1, -0.05) is 85.6 Å². The van der Waals surface area contributed by atoms with Gasteiger partial charge in [0.2, 0.25) is 0 Å². The fourth-order valence-corrected chi connectivity index (χ4v) is 6.33. The Bertz CT molecular complexity index is 1510. The molecule has 5 heteroatoms. The van der Waals surface area contributed by atoms with E-state index in [4.69, 9.17) is 0 Å². The van der Waals surface area contributed by atoms with Crippen molar-refractivity contribution in [2.45, 2.75) is 37.5 Å². The van der Waals surface area contributed by atoms with E-state index in [0.29, 0.717) is 20.9 Å². The van der Waals surface area contributed by atoms with Crippen molar-refractivity contribution in [2.24, 2.45) is 0 Å².